The van der Waals surface area contributed by atoms with Crippen molar-refractivity contribution in [3.8, 4) is 11.4 Å². The number of halogens is 2. The molecule has 0 unspecified atom stereocenters. The summed E-state index contributed by atoms with van der Waals surface area (Å²) >= 11 is 0. The molecule has 0 saturated carbocycles. The second-order valence-electron chi connectivity index (χ2n) is 4.28. The van der Waals surface area contributed by atoms with Crippen LogP contribution in [0.4, 0.5) is 8.78 Å². The molecule has 0 radical (unpaired) electrons. The highest BCUT2D eigenvalue weighted by molar-refractivity contribution is 5.76. The third-order valence-corrected chi connectivity index (χ3v) is 2.82. The van der Waals surface area contributed by atoms with Gasteiger partial charge in [0, 0.05) is 18.1 Å². The van der Waals surface area contributed by atoms with Gasteiger partial charge in [0.05, 0.1) is 6.20 Å². The van der Waals surface area contributed by atoms with E-state index in [1.54, 1.807) is 24.4 Å². The molecule has 2 aromatic heterocycles. The van der Waals surface area contributed by atoms with Crippen LogP contribution in [-0.2, 0) is 5.92 Å². The lowest BCUT2D eigenvalue weighted by Gasteiger charge is -2.14. The smallest absolute Gasteiger partial charge is 0.271 e. The molecule has 1 aromatic carbocycles. The first-order chi connectivity index (χ1) is 9.05. The van der Waals surface area contributed by atoms with Crippen molar-refractivity contribution in [3.63, 3.8) is 0 Å². The number of nitrogens with one attached hydrogen (secondary N) is 1. The van der Waals surface area contributed by atoms with E-state index in [-0.39, 0.29) is 5.56 Å². The summed E-state index contributed by atoms with van der Waals surface area (Å²) in [6.07, 6.45) is 2.93. The third kappa shape index (κ3) is 2.05. The van der Waals surface area contributed by atoms with Gasteiger partial charge in [-0.25, -0.2) is 23.7 Å². The van der Waals surface area contributed by atoms with Gasteiger partial charge in [-0.2, -0.15) is 0 Å². The van der Waals surface area contributed by atoms with Crippen LogP contribution in [0.25, 0.3) is 22.6 Å². The van der Waals surface area contributed by atoms with Crippen LogP contribution in [-0.4, -0.2) is 19.9 Å². The number of aromatic nitrogens is 4. The SMILES string of the molecule is CC(F)(F)c1ccccc1-c1nc2ncncc2[nH]1. The Morgan fingerprint density at radius 1 is 1.21 bits per heavy atom. The van der Waals surface area contributed by atoms with Gasteiger partial charge >= 0.3 is 0 Å². The van der Waals surface area contributed by atoms with Crippen molar-refractivity contribution >= 4 is 11.2 Å². The zero-order valence-electron chi connectivity index (χ0n) is 10.1. The standard InChI is InChI=1S/C13H10F2N4/c1-13(14,15)9-5-3-2-4-8(9)11-18-10-6-16-7-17-12(10)19-11/h2-7H,1H3,(H,16,17,18,19). The summed E-state index contributed by atoms with van der Waals surface area (Å²) < 4.78 is 27.2. The van der Waals surface area contributed by atoms with Crippen molar-refractivity contribution in [1.29, 1.82) is 0 Å². The molecule has 6 heteroatoms. The van der Waals surface area contributed by atoms with E-state index in [1.807, 2.05) is 0 Å². The van der Waals surface area contributed by atoms with Crippen LogP contribution in [0.1, 0.15) is 12.5 Å². The summed E-state index contributed by atoms with van der Waals surface area (Å²) in [6, 6.07) is 6.29. The number of hydrogen-bond donors (Lipinski definition) is 1. The van der Waals surface area contributed by atoms with Crippen molar-refractivity contribution in [2.45, 2.75) is 12.8 Å². The van der Waals surface area contributed by atoms with Crippen LogP contribution in [0.5, 0.6) is 0 Å². The monoisotopic (exact) mass is 260 g/mol. The maximum atomic E-state index is 13.6. The Labute approximate surface area is 107 Å². The van der Waals surface area contributed by atoms with Gasteiger partial charge in [0.25, 0.3) is 5.92 Å². The number of imidazole rings is 1. The number of hydrogen-bond acceptors (Lipinski definition) is 3. The molecule has 0 bridgehead atoms. The lowest BCUT2D eigenvalue weighted by Crippen LogP contribution is -2.09. The van der Waals surface area contributed by atoms with Gasteiger partial charge in [-0.3, -0.25) is 0 Å². The van der Waals surface area contributed by atoms with E-state index in [1.165, 1.54) is 12.4 Å². The maximum absolute atomic E-state index is 13.6. The summed E-state index contributed by atoms with van der Waals surface area (Å²) in [5, 5.41) is 0. The van der Waals surface area contributed by atoms with Gasteiger partial charge in [-0.05, 0) is 0 Å². The third-order valence-electron chi connectivity index (χ3n) is 2.82. The number of rotatable bonds is 2. The Morgan fingerprint density at radius 3 is 2.74 bits per heavy atom. The minimum atomic E-state index is -2.93. The quantitative estimate of drug-likeness (QED) is 0.770. The van der Waals surface area contributed by atoms with Crippen molar-refractivity contribution in [3.05, 3.63) is 42.4 Å². The van der Waals surface area contributed by atoms with Crippen LogP contribution in [0.15, 0.2) is 36.8 Å². The normalized spacial score (nSPS) is 11.9. The van der Waals surface area contributed by atoms with Gasteiger partial charge in [-0.15, -0.1) is 0 Å². The van der Waals surface area contributed by atoms with Crippen LogP contribution < -0.4 is 0 Å². The largest absolute Gasteiger partial charge is 0.335 e. The molecule has 2 heterocycles. The van der Waals surface area contributed by atoms with Gasteiger partial charge < -0.3 is 4.98 Å². The van der Waals surface area contributed by atoms with E-state index in [9.17, 15) is 8.78 Å². The second kappa shape index (κ2) is 4.08. The molecule has 1 N–H and O–H groups in total. The molecule has 0 amide bonds. The van der Waals surface area contributed by atoms with Crippen molar-refractivity contribution < 1.29 is 8.78 Å². The van der Waals surface area contributed by atoms with Gasteiger partial charge in [0.2, 0.25) is 0 Å². The molecular weight excluding hydrogens is 250 g/mol. The van der Waals surface area contributed by atoms with E-state index in [0.29, 0.717) is 22.6 Å². The number of benzene rings is 1. The summed E-state index contributed by atoms with van der Waals surface area (Å²) in [7, 11) is 0. The molecule has 0 aliphatic heterocycles. The molecule has 0 fully saturated rings. The fraction of sp³-hybridized carbons (Fsp3) is 0.154. The number of fused-ring (bicyclic) bond motifs is 1. The van der Waals surface area contributed by atoms with Crippen LogP contribution >= 0.6 is 0 Å². The number of alkyl halides is 2. The van der Waals surface area contributed by atoms with E-state index in [2.05, 4.69) is 19.9 Å². The predicted molar refractivity (Wildman–Crippen MR) is 66.7 cm³/mol. The number of H-pyrrole nitrogens is 1. The maximum Gasteiger partial charge on any atom is 0.271 e. The van der Waals surface area contributed by atoms with Crippen LogP contribution in [0, 0.1) is 0 Å². The van der Waals surface area contributed by atoms with Crippen molar-refractivity contribution in [2.75, 3.05) is 0 Å². The molecule has 0 aliphatic carbocycles. The molecule has 0 atom stereocenters. The van der Waals surface area contributed by atoms with E-state index < -0.39 is 5.92 Å². The summed E-state index contributed by atoms with van der Waals surface area (Å²) in [4.78, 5) is 15.0. The number of nitrogens with zero attached hydrogens (tertiary/aromatic N) is 3. The first-order valence-corrected chi connectivity index (χ1v) is 5.69. The zero-order valence-corrected chi connectivity index (χ0v) is 10.1. The topological polar surface area (TPSA) is 54.5 Å². The molecular formula is C13H10F2N4. The Morgan fingerprint density at radius 2 is 2.00 bits per heavy atom. The summed E-state index contributed by atoms with van der Waals surface area (Å²) in [6.45, 7) is 0.869. The highest BCUT2D eigenvalue weighted by atomic mass is 19.3. The highest BCUT2D eigenvalue weighted by Gasteiger charge is 2.28. The van der Waals surface area contributed by atoms with E-state index >= 15 is 0 Å². The Balaban J connectivity index is 2.22. The van der Waals surface area contributed by atoms with Gasteiger partial charge in [0.15, 0.2) is 5.65 Å². The van der Waals surface area contributed by atoms with Gasteiger partial charge in [0.1, 0.15) is 17.7 Å². The van der Waals surface area contributed by atoms with Crippen molar-refractivity contribution in [1.82, 2.24) is 19.9 Å². The zero-order chi connectivity index (χ0) is 13.5. The molecule has 3 aromatic rings. The molecule has 3 rings (SSSR count). The summed E-state index contributed by atoms with van der Waals surface area (Å²) in [5.74, 6) is -2.56. The number of aromatic amines is 1. The fourth-order valence-electron chi connectivity index (χ4n) is 1.96. The molecule has 0 spiro atoms. The highest BCUT2D eigenvalue weighted by Crippen LogP contribution is 2.34. The molecule has 96 valence electrons. The average molecular weight is 260 g/mol. The van der Waals surface area contributed by atoms with Gasteiger partial charge in [-0.1, -0.05) is 24.3 Å². The van der Waals surface area contributed by atoms with E-state index in [4.69, 9.17) is 0 Å². The predicted octanol–water partition coefficient (Wildman–Crippen LogP) is 3.13. The van der Waals surface area contributed by atoms with Crippen LogP contribution in [0.2, 0.25) is 0 Å². The minimum absolute atomic E-state index is 0.0676. The molecule has 19 heavy (non-hydrogen) atoms. The minimum Gasteiger partial charge on any atom is -0.335 e. The Hall–Kier alpha value is -2.37. The first kappa shape index (κ1) is 11.7. The Bertz CT molecular complexity index is 698. The molecule has 0 saturated heterocycles. The molecule has 4 nitrogen and oxygen atoms in total. The van der Waals surface area contributed by atoms with Crippen molar-refractivity contribution in [2.24, 2.45) is 0 Å². The lowest BCUT2D eigenvalue weighted by atomic mass is 10.0. The fourth-order valence-corrected chi connectivity index (χ4v) is 1.96. The van der Waals surface area contributed by atoms with E-state index in [0.717, 1.165) is 6.92 Å². The van der Waals surface area contributed by atoms with Crippen LogP contribution in [0.3, 0.4) is 0 Å². The average Bonchev–Trinajstić information content (AvgIpc) is 2.81. The molecule has 0 aliphatic rings. The second-order valence-corrected chi connectivity index (χ2v) is 4.28. The lowest BCUT2D eigenvalue weighted by molar-refractivity contribution is 0.0180. The first-order valence-electron chi connectivity index (χ1n) is 5.69. The summed E-state index contributed by atoms with van der Waals surface area (Å²) in [5.41, 5.74) is 1.38. The Kier molecular flexibility index (Phi) is 2.51.